The van der Waals surface area contributed by atoms with Gasteiger partial charge in [-0.2, -0.15) is 0 Å². The van der Waals surface area contributed by atoms with Crippen molar-refractivity contribution in [1.82, 2.24) is 0 Å². The first-order valence-electron chi connectivity index (χ1n) is 5.56. The van der Waals surface area contributed by atoms with Crippen molar-refractivity contribution >= 4 is 11.8 Å². The highest BCUT2D eigenvalue weighted by molar-refractivity contribution is 8.01. The van der Waals surface area contributed by atoms with Crippen molar-refractivity contribution in [3.8, 4) is 0 Å². The number of rotatable bonds is 4. The Hall–Kier alpha value is -0.470. The Kier molecular flexibility index (Phi) is 3.08. The molecule has 0 amide bonds. The van der Waals surface area contributed by atoms with Crippen LogP contribution < -0.4 is 0 Å². The average Bonchev–Trinajstić information content (AvgIpc) is 2.99. The number of aliphatic hydroxyl groups is 1. The maximum atomic E-state index is 10.2. The second-order valence-corrected chi connectivity index (χ2v) is 6.16. The SMILES string of the molecule is CC(C)C(O)C1(Sc2ccccc2)CC1. The zero-order chi connectivity index (χ0) is 10.9. The molecule has 1 fully saturated rings. The summed E-state index contributed by atoms with van der Waals surface area (Å²) in [5, 5.41) is 10.2. The van der Waals surface area contributed by atoms with Crippen molar-refractivity contribution in [2.24, 2.45) is 5.92 Å². The molecule has 0 radical (unpaired) electrons. The summed E-state index contributed by atoms with van der Waals surface area (Å²) in [6.45, 7) is 4.19. The summed E-state index contributed by atoms with van der Waals surface area (Å²) in [6.07, 6.45) is 2.11. The molecule has 1 aliphatic carbocycles. The fourth-order valence-electron chi connectivity index (χ4n) is 1.91. The summed E-state index contributed by atoms with van der Waals surface area (Å²) >= 11 is 1.84. The number of benzene rings is 1. The number of aliphatic hydroxyl groups excluding tert-OH is 1. The third kappa shape index (κ3) is 2.37. The van der Waals surface area contributed by atoms with E-state index in [4.69, 9.17) is 0 Å². The van der Waals surface area contributed by atoms with Gasteiger partial charge < -0.3 is 5.11 Å². The van der Waals surface area contributed by atoms with Crippen LogP contribution in [0.1, 0.15) is 26.7 Å². The van der Waals surface area contributed by atoms with Crippen molar-refractivity contribution in [2.75, 3.05) is 0 Å². The molecule has 0 saturated heterocycles. The van der Waals surface area contributed by atoms with Crippen molar-refractivity contribution in [3.05, 3.63) is 30.3 Å². The molecule has 0 heterocycles. The van der Waals surface area contributed by atoms with Gasteiger partial charge in [0.1, 0.15) is 0 Å². The molecule has 1 aromatic carbocycles. The molecular formula is C13H18OS. The van der Waals surface area contributed by atoms with Gasteiger partial charge in [0.15, 0.2) is 0 Å². The third-order valence-corrected chi connectivity index (χ3v) is 4.54. The van der Waals surface area contributed by atoms with E-state index in [9.17, 15) is 5.11 Å². The highest BCUT2D eigenvalue weighted by Gasteiger charge is 2.50. The molecule has 82 valence electrons. The molecule has 0 bridgehead atoms. The Labute approximate surface area is 95.9 Å². The lowest BCUT2D eigenvalue weighted by Gasteiger charge is -2.24. The Balaban J connectivity index is 2.06. The lowest BCUT2D eigenvalue weighted by Crippen LogP contribution is -2.29. The zero-order valence-corrected chi connectivity index (χ0v) is 10.1. The highest BCUT2D eigenvalue weighted by atomic mass is 32.2. The van der Waals surface area contributed by atoms with Crippen LogP contribution in [0.5, 0.6) is 0 Å². The van der Waals surface area contributed by atoms with Crippen molar-refractivity contribution in [1.29, 1.82) is 0 Å². The first kappa shape index (κ1) is 11.0. The molecule has 2 heteroatoms. The van der Waals surface area contributed by atoms with Crippen LogP contribution >= 0.6 is 11.8 Å². The van der Waals surface area contributed by atoms with E-state index in [0.29, 0.717) is 5.92 Å². The maximum Gasteiger partial charge on any atom is 0.0713 e. The molecule has 1 saturated carbocycles. The minimum Gasteiger partial charge on any atom is -0.391 e. The van der Waals surface area contributed by atoms with Gasteiger partial charge in [0.05, 0.1) is 6.10 Å². The molecule has 1 nitrogen and oxygen atoms in total. The summed E-state index contributed by atoms with van der Waals surface area (Å²) < 4.78 is 0.107. The molecule has 1 aromatic rings. The van der Waals surface area contributed by atoms with Gasteiger partial charge >= 0.3 is 0 Å². The standard InChI is InChI=1S/C13H18OS/c1-10(2)12(14)13(8-9-13)15-11-6-4-3-5-7-11/h3-7,10,12,14H,8-9H2,1-2H3. The molecule has 1 aliphatic rings. The monoisotopic (exact) mass is 222 g/mol. The predicted octanol–water partition coefficient (Wildman–Crippen LogP) is 3.33. The van der Waals surface area contributed by atoms with Gasteiger partial charge in [-0.05, 0) is 30.9 Å². The molecule has 15 heavy (non-hydrogen) atoms. The highest BCUT2D eigenvalue weighted by Crippen LogP contribution is 2.55. The lowest BCUT2D eigenvalue weighted by molar-refractivity contribution is 0.115. The maximum absolute atomic E-state index is 10.2. The molecular weight excluding hydrogens is 204 g/mol. The topological polar surface area (TPSA) is 20.2 Å². The number of hydrogen-bond donors (Lipinski definition) is 1. The summed E-state index contributed by atoms with van der Waals surface area (Å²) in [6, 6.07) is 10.4. The van der Waals surface area contributed by atoms with Crippen LogP contribution in [-0.2, 0) is 0 Å². The quantitative estimate of drug-likeness (QED) is 0.843. The van der Waals surface area contributed by atoms with Crippen LogP contribution in [-0.4, -0.2) is 16.0 Å². The van der Waals surface area contributed by atoms with Gasteiger partial charge in [0, 0.05) is 9.64 Å². The van der Waals surface area contributed by atoms with Crippen LogP contribution in [0.25, 0.3) is 0 Å². The Morgan fingerprint density at radius 2 is 1.80 bits per heavy atom. The van der Waals surface area contributed by atoms with Crippen molar-refractivity contribution in [2.45, 2.75) is 42.4 Å². The van der Waals surface area contributed by atoms with Crippen LogP contribution in [0.3, 0.4) is 0 Å². The van der Waals surface area contributed by atoms with Gasteiger partial charge in [-0.15, -0.1) is 11.8 Å². The predicted molar refractivity (Wildman–Crippen MR) is 65.1 cm³/mol. The lowest BCUT2D eigenvalue weighted by atomic mass is 10.0. The summed E-state index contributed by atoms with van der Waals surface area (Å²) in [7, 11) is 0. The summed E-state index contributed by atoms with van der Waals surface area (Å²) in [4.78, 5) is 1.27. The minimum atomic E-state index is -0.178. The van der Waals surface area contributed by atoms with E-state index < -0.39 is 0 Å². The van der Waals surface area contributed by atoms with Crippen LogP contribution in [0.4, 0.5) is 0 Å². The van der Waals surface area contributed by atoms with E-state index >= 15 is 0 Å². The molecule has 0 aromatic heterocycles. The second kappa shape index (κ2) is 4.18. The van der Waals surface area contributed by atoms with E-state index in [1.807, 2.05) is 17.8 Å². The Bertz CT molecular complexity index is 317. The molecule has 1 atom stereocenters. The molecule has 0 aliphatic heterocycles. The molecule has 2 rings (SSSR count). The van der Waals surface area contributed by atoms with Crippen molar-refractivity contribution in [3.63, 3.8) is 0 Å². The van der Waals surface area contributed by atoms with Gasteiger partial charge in [-0.3, -0.25) is 0 Å². The van der Waals surface area contributed by atoms with Crippen LogP contribution in [0.2, 0.25) is 0 Å². The summed E-state index contributed by atoms with van der Waals surface area (Å²) in [5.41, 5.74) is 0. The van der Waals surface area contributed by atoms with Crippen molar-refractivity contribution < 1.29 is 5.11 Å². The first-order valence-corrected chi connectivity index (χ1v) is 6.38. The zero-order valence-electron chi connectivity index (χ0n) is 9.31. The Morgan fingerprint density at radius 3 is 2.27 bits per heavy atom. The van der Waals surface area contributed by atoms with Crippen LogP contribution in [0, 0.1) is 5.92 Å². The van der Waals surface area contributed by atoms with E-state index in [-0.39, 0.29) is 10.9 Å². The number of thioether (sulfide) groups is 1. The Morgan fingerprint density at radius 1 is 1.20 bits per heavy atom. The van der Waals surface area contributed by atoms with E-state index in [1.54, 1.807) is 0 Å². The molecule has 1 N–H and O–H groups in total. The van der Waals surface area contributed by atoms with Gasteiger partial charge in [-0.1, -0.05) is 32.0 Å². The molecule has 0 spiro atoms. The van der Waals surface area contributed by atoms with Gasteiger partial charge in [0.2, 0.25) is 0 Å². The average molecular weight is 222 g/mol. The van der Waals surface area contributed by atoms with Gasteiger partial charge in [-0.25, -0.2) is 0 Å². The number of hydrogen-bond acceptors (Lipinski definition) is 2. The normalized spacial score (nSPS) is 20.3. The third-order valence-electron chi connectivity index (χ3n) is 2.98. The smallest absolute Gasteiger partial charge is 0.0713 e. The van der Waals surface area contributed by atoms with Crippen LogP contribution in [0.15, 0.2) is 35.2 Å². The first-order chi connectivity index (χ1) is 7.14. The largest absolute Gasteiger partial charge is 0.391 e. The molecule has 1 unspecified atom stereocenters. The fourth-order valence-corrected chi connectivity index (χ4v) is 3.37. The second-order valence-electron chi connectivity index (χ2n) is 4.67. The van der Waals surface area contributed by atoms with E-state index in [0.717, 1.165) is 12.8 Å². The summed E-state index contributed by atoms with van der Waals surface area (Å²) in [5.74, 6) is 0.351. The van der Waals surface area contributed by atoms with Gasteiger partial charge in [0.25, 0.3) is 0 Å². The van der Waals surface area contributed by atoms with E-state index in [2.05, 4.69) is 38.1 Å². The van der Waals surface area contributed by atoms with E-state index in [1.165, 1.54) is 4.90 Å². The minimum absolute atomic E-state index is 0.107. The fraction of sp³-hybridized carbons (Fsp3) is 0.538.